The molecule has 0 N–H and O–H groups in total. The number of fused-ring (bicyclic) bond motifs is 1. The molecule has 0 amide bonds. The van der Waals surface area contributed by atoms with Crippen molar-refractivity contribution in [2.75, 3.05) is 36.5 Å². The Hall–Kier alpha value is -2.36. The first kappa shape index (κ1) is 20.5. The van der Waals surface area contributed by atoms with Gasteiger partial charge in [-0.25, -0.2) is 4.98 Å². The smallest absolute Gasteiger partial charge is 0.434 e. The van der Waals surface area contributed by atoms with Crippen molar-refractivity contribution in [3.8, 4) is 10.4 Å². The van der Waals surface area contributed by atoms with Crippen LogP contribution in [-0.4, -0.2) is 48.7 Å². The van der Waals surface area contributed by atoms with Crippen LogP contribution in [0, 0.1) is 17.8 Å². The number of carbonyl (C=O) groups is 1. The molecule has 2 aromatic heterocycles. The van der Waals surface area contributed by atoms with E-state index in [1.807, 2.05) is 16.7 Å². The molecule has 4 heterocycles. The van der Waals surface area contributed by atoms with Crippen LogP contribution in [0.4, 0.5) is 24.9 Å². The number of ether oxygens (including phenoxy) is 1. The number of anilines is 2. The highest BCUT2D eigenvalue weighted by atomic mass is 32.1. The van der Waals surface area contributed by atoms with Gasteiger partial charge in [-0.2, -0.15) is 18.2 Å². The monoisotopic (exact) mass is 452 g/mol. The largest absolute Gasteiger partial charge is 0.469 e. The molecule has 10 heteroatoms. The van der Waals surface area contributed by atoms with E-state index in [-0.39, 0.29) is 41.3 Å². The molecule has 3 fully saturated rings. The van der Waals surface area contributed by atoms with Gasteiger partial charge in [0, 0.05) is 37.0 Å². The molecule has 2 aromatic rings. The number of hydrogen-bond acceptors (Lipinski definition) is 7. The molecular weight excluding hydrogens is 429 g/mol. The molecule has 6 nitrogen and oxygen atoms in total. The third kappa shape index (κ3) is 3.54. The third-order valence-electron chi connectivity index (χ3n) is 6.79. The maximum absolute atomic E-state index is 14.1. The van der Waals surface area contributed by atoms with Crippen LogP contribution in [0.3, 0.4) is 0 Å². The van der Waals surface area contributed by atoms with Gasteiger partial charge < -0.3 is 14.5 Å². The second-order valence-electron chi connectivity index (χ2n) is 8.55. The Bertz CT molecular complexity index is 985. The number of aromatic nitrogens is 2. The number of alkyl halides is 3. The van der Waals surface area contributed by atoms with Crippen LogP contribution in [0.1, 0.15) is 25.5 Å². The number of carbonyl (C=O) groups excluding carboxylic acids is 1. The predicted molar refractivity (Wildman–Crippen MR) is 111 cm³/mol. The zero-order valence-corrected chi connectivity index (χ0v) is 18.0. The molecule has 4 atom stereocenters. The minimum atomic E-state index is -4.59. The molecule has 5 rings (SSSR count). The Balaban J connectivity index is 1.53. The van der Waals surface area contributed by atoms with E-state index in [1.165, 1.54) is 18.4 Å². The molecule has 1 unspecified atom stereocenters. The average molecular weight is 453 g/mol. The molecule has 0 spiro atoms. The number of hydrogen-bond donors (Lipinski definition) is 0. The number of esters is 1. The maximum Gasteiger partial charge on any atom is 0.434 e. The van der Waals surface area contributed by atoms with Gasteiger partial charge >= 0.3 is 12.1 Å². The van der Waals surface area contributed by atoms with E-state index >= 15 is 0 Å². The van der Waals surface area contributed by atoms with Gasteiger partial charge in [0.25, 0.3) is 0 Å². The van der Waals surface area contributed by atoms with Crippen molar-refractivity contribution in [1.29, 1.82) is 0 Å². The number of methoxy groups -OCH3 is 1. The molecule has 0 aromatic carbocycles. The minimum Gasteiger partial charge on any atom is -0.469 e. The van der Waals surface area contributed by atoms with Crippen LogP contribution < -0.4 is 9.80 Å². The topological polar surface area (TPSA) is 58.6 Å². The van der Waals surface area contributed by atoms with E-state index in [4.69, 9.17) is 4.74 Å². The Kier molecular flexibility index (Phi) is 4.87. The van der Waals surface area contributed by atoms with E-state index in [1.54, 1.807) is 17.5 Å². The van der Waals surface area contributed by atoms with Gasteiger partial charge in [0.05, 0.1) is 12.7 Å². The van der Waals surface area contributed by atoms with Gasteiger partial charge in [-0.15, -0.1) is 11.3 Å². The van der Waals surface area contributed by atoms with Gasteiger partial charge in [0.2, 0.25) is 5.95 Å². The standard InChI is InChI=1S/C21H23F3N4O2S/c1-11-5-6-28(11)20-25-18(21(22,23)24)17(15-4-3-7-31-15)19(26-20)27-9-13-12(14(13)10-27)8-16(29)30-2/h3-4,7,11-14H,5-6,8-10H2,1-2H3/t11-,12?,13-,14+/m0/s1. The van der Waals surface area contributed by atoms with Gasteiger partial charge in [0.15, 0.2) is 5.69 Å². The maximum atomic E-state index is 14.1. The van der Waals surface area contributed by atoms with Crippen molar-refractivity contribution >= 4 is 29.1 Å². The summed E-state index contributed by atoms with van der Waals surface area (Å²) in [5, 5.41) is 1.76. The van der Waals surface area contributed by atoms with Gasteiger partial charge in [-0.05, 0) is 42.5 Å². The molecule has 0 radical (unpaired) electrons. The van der Waals surface area contributed by atoms with Crippen LogP contribution in [0.5, 0.6) is 0 Å². The van der Waals surface area contributed by atoms with Crippen LogP contribution in [0.25, 0.3) is 10.4 Å². The molecule has 1 aliphatic carbocycles. The van der Waals surface area contributed by atoms with E-state index in [2.05, 4.69) is 9.97 Å². The van der Waals surface area contributed by atoms with Gasteiger partial charge in [-0.1, -0.05) is 6.07 Å². The molecule has 1 saturated carbocycles. The van der Waals surface area contributed by atoms with E-state index in [9.17, 15) is 18.0 Å². The second kappa shape index (κ2) is 7.36. The van der Waals surface area contributed by atoms with Crippen molar-refractivity contribution in [3.05, 3.63) is 23.2 Å². The number of halogens is 3. The van der Waals surface area contributed by atoms with Crippen molar-refractivity contribution < 1.29 is 22.7 Å². The summed E-state index contributed by atoms with van der Waals surface area (Å²) in [6, 6.07) is 3.55. The van der Waals surface area contributed by atoms with Crippen LogP contribution in [0.2, 0.25) is 0 Å². The van der Waals surface area contributed by atoms with Crippen molar-refractivity contribution in [3.63, 3.8) is 0 Å². The first-order valence-corrected chi connectivity index (χ1v) is 11.3. The van der Waals surface area contributed by atoms with Crippen LogP contribution >= 0.6 is 11.3 Å². The number of nitrogens with zero attached hydrogens (tertiary/aromatic N) is 4. The van der Waals surface area contributed by atoms with E-state index < -0.39 is 11.9 Å². The lowest BCUT2D eigenvalue weighted by atomic mass is 10.1. The van der Waals surface area contributed by atoms with Crippen molar-refractivity contribution in [1.82, 2.24) is 9.97 Å². The summed E-state index contributed by atoms with van der Waals surface area (Å²) < 4.78 is 47.1. The fraction of sp³-hybridized carbons (Fsp3) is 0.571. The normalized spacial score (nSPS) is 27.1. The Morgan fingerprint density at radius 3 is 2.55 bits per heavy atom. The molecule has 2 aliphatic heterocycles. The lowest BCUT2D eigenvalue weighted by molar-refractivity contribution is -0.141. The van der Waals surface area contributed by atoms with Gasteiger partial charge in [0.1, 0.15) is 5.82 Å². The molecular formula is C21H23F3N4O2S. The summed E-state index contributed by atoms with van der Waals surface area (Å²) in [6.45, 7) is 3.81. The van der Waals surface area contributed by atoms with E-state index in [0.717, 1.165) is 6.42 Å². The summed E-state index contributed by atoms with van der Waals surface area (Å²) in [7, 11) is 1.37. The van der Waals surface area contributed by atoms with Gasteiger partial charge in [-0.3, -0.25) is 4.79 Å². The lowest BCUT2D eigenvalue weighted by Crippen LogP contribution is -2.47. The van der Waals surface area contributed by atoms with Crippen LogP contribution in [-0.2, 0) is 15.7 Å². The fourth-order valence-electron chi connectivity index (χ4n) is 4.86. The molecule has 166 valence electrons. The molecule has 0 bridgehead atoms. The zero-order valence-electron chi connectivity index (χ0n) is 17.2. The first-order chi connectivity index (χ1) is 14.8. The third-order valence-corrected chi connectivity index (χ3v) is 7.68. The predicted octanol–water partition coefficient (Wildman–Crippen LogP) is 4.07. The Morgan fingerprint density at radius 2 is 2.03 bits per heavy atom. The van der Waals surface area contributed by atoms with Crippen LogP contribution in [0.15, 0.2) is 17.5 Å². The summed E-state index contributed by atoms with van der Waals surface area (Å²) >= 11 is 1.26. The first-order valence-electron chi connectivity index (χ1n) is 10.4. The SMILES string of the molecule is COC(=O)CC1[C@H]2CN(c3nc(N4CC[C@@H]4C)nc(C(F)(F)F)c3-c3cccs3)C[C@@H]12. The van der Waals surface area contributed by atoms with E-state index in [0.29, 0.717) is 36.8 Å². The Labute approximate surface area is 182 Å². The average Bonchev–Trinajstić information content (AvgIpc) is 3.15. The summed E-state index contributed by atoms with van der Waals surface area (Å²) in [4.78, 5) is 24.6. The summed E-state index contributed by atoms with van der Waals surface area (Å²) in [6.07, 6.45) is -3.31. The molecule has 3 aliphatic rings. The highest BCUT2D eigenvalue weighted by molar-refractivity contribution is 7.13. The summed E-state index contributed by atoms with van der Waals surface area (Å²) in [5.41, 5.74) is -0.814. The van der Waals surface area contributed by atoms with Crippen molar-refractivity contribution in [2.24, 2.45) is 17.8 Å². The number of thiophene rings is 1. The number of rotatable bonds is 5. The highest BCUT2D eigenvalue weighted by Crippen LogP contribution is 2.55. The lowest BCUT2D eigenvalue weighted by Gasteiger charge is -2.39. The Morgan fingerprint density at radius 1 is 1.29 bits per heavy atom. The summed E-state index contributed by atoms with van der Waals surface area (Å²) in [5.74, 6) is 1.07. The second-order valence-corrected chi connectivity index (χ2v) is 9.50. The highest BCUT2D eigenvalue weighted by Gasteiger charge is 2.57. The molecule has 2 saturated heterocycles. The molecule has 31 heavy (non-hydrogen) atoms. The fourth-order valence-corrected chi connectivity index (χ4v) is 5.63. The van der Waals surface area contributed by atoms with Crippen molar-refractivity contribution in [2.45, 2.75) is 32.0 Å². The zero-order chi connectivity index (χ0) is 21.9. The quantitative estimate of drug-likeness (QED) is 0.638. The minimum absolute atomic E-state index is 0.0604. The number of piperidine rings is 1.